The van der Waals surface area contributed by atoms with Gasteiger partial charge in [0.15, 0.2) is 0 Å². The summed E-state index contributed by atoms with van der Waals surface area (Å²) in [5.41, 5.74) is 7.29. The van der Waals surface area contributed by atoms with Gasteiger partial charge in [-0.15, -0.1) is 0 Å². The average molecular weight is 177 g/mol. The van der Waals surface area contributed by atoms with E-state index in [9.17, 15) is 0 Å². The Morgan fingerprint density at radius 2 is 1.77 bits per heavy atom. The first kappa shape index (κ1) is 10.3. The highest BCUT2D eigenvalue weighted by molar-refractivity contribution is 5.25. The van der Waals surface area contributed by atoms with Crippen molar-refractivity contribution in [3.63, 3.8) is 0 Å². The lowest BCUT2D eigenvalue weighted by atomic mass is 9.73. The van der Waals surface area contributed by atoms with E-state index in [4.69, 9.17) is 5.73 Å². The van der Waals surface area contributed by atoms with Crippen molar-refractivity contribution in [2.75, 3.05) is 6.54 Å². The lowest BCUT2D eigenvalue weighted by Gasteiger charge is -2.33. The van der Waals surface area contributed by atoms with Crippen LogP contribution in [0.25, 0.3) is 0 Å². The van der Waals surface area contributed by atoms with Crippen LogP contribution < -0.4 is 5.73 Å². The molecule has 0 amide bonds. The van der Waals surface area contributed by atoms with E-state index in [2.05, 4.69) is 45.0 Å². The van der Waals surface area contributed by atoms with Gasteiger partial charge in [0.2, 0.25) is 0 Å². The van der Waals surface area contributed by atoms with E-state index >= 15 is 0 Å². The van der Waals surface area contributed by atoms with E-state index in [1.165, 1.54) is 5.56 Å². The molecule has 1 nitrogen and oxygen atoms in total. The molecule has 0 aliphatic rings. The first-order valence-electron chi connectivity index (χ1n) is 4.87. The third-order valence-electron chi connectivity index (χ3n) is 3.13. The van der Waals surface area contributed by atoms with Gasteiger partial charge in [-0.3, -0.25) is 0 Å². The number of benzene rings is 1. The SMILES string of the molecule is CC(C)C(C)(CN)c1ccccc1. The quantitative estimate of drug-likeness (QED) is 0.754. The molecular weight excluding hydrogens is 158 g/mol. The molecule has 0 spiro atoms. The summed E-state index contributed by atoms with van der Waals surface area (Å²) in [5, 5.41) is 0. The zero-order chi connectivity index (χ0) is 9.90. The Kier molecular flexibility index (Phi) is 3.10. The van der Waals surface area contributed by atoms with E-state index in [0.29, 0.717) is 12.5 Å². The van der Waals surface area contributed by atoms with Gasteiger partial charge in [-0.1, -0.05) is 51.1 Å². The first-order chi connectivity index (χ1) is 6.11. The van der Waals surface area contributed by atoms with Crippen molar-refractivity contribution in [3.05, 3.63) is 35.9 Å². The summed E-state index contributed by atoms with van der Waals surface area (Å²) in [7, 11) is 0. The van der Waals surface area contributed by atoms with Crippen LogP contribution in [0.15, 0.2) is 30.3 Å². The van der Waals surface area contributed by atoms with Crippen molar-refractivity contribution in [2.24, 2.45) is 11.7 Å². The molecule has 1 aromatic rings. The maximum atomic E-state index is 5.84. The molecule has 2 N–H and O–H groups in total. The summed E-state index contributed by atoms with van der Waals surface area (Å²) in [6, 6.07) is 10.5. The van der Waals surface area contributed by atoms with Crippen molar-refractivity contribution in [3.8, 4) is 0 Å². The van der Waals surface area contributed by atoms with Crippen LogP contribution >= 0.6 is 0 Å². The third-order valence-corrected chi connectivity index (χ3v) is 3.13. The predicted octanol–water partition coefficient (Wildman–Crippen LogP) is 2.56. The molecule has 0 bridgehead atoms. The Balaban J connectivity index is 3.03. The highest BCUT2D eigenvalue weighted by atomic mass is 14.6. The molecule has 1 atom stereocenters. The molecule has 0 radical (unpaired) electrons. The maximum absolute atomic E-state index is 5.84. The van der Waals surface area contributed by atoms with Crippen molar-refractivity contribution in [2.45, 2.75) is 26.2 Å². The molecular formula is C12H19N. The van der Waals surface area contributed by atoms with Crippen LogP contribution in [-0.4, -0.2) is 6.54 Å². The highest BCUT2D eigenvalue weighted by Gasteiger charge is 2.28. The molecule has 0 aliphatic carbocycles. The Hall–Kier alpha value is -0.820. The van der Waals surface area contributed by atoms with Crippen LogP contribution in [0.5, 0.6) is 0 Å². The van der Waals surface area contributed by atoms with Gasteiger partial charge in [0.05, 0.1) is 0 Å². The summed E-state index contributed by atoms with van der Waals surface area (Å²) in [4.78, 5) is 0. The normalized spacial score (nSPS) is 15.8. The van der Waals surface area contributed by atoms with Crippen LogP contribution in [0.3, 0.4) is 0 Å². The van der Waals surface area contributed by atoms with Crippen molar-refractivity contribution in [1.82, 2.24) is 0 Å². The fraction of sp³-hybridized carbons (Fsp3) is 0.500. The van der Waals surface area contributed by atoms with Crippen LogP contribution in [-0.2, 0) is 5.41 Å². The minimum Gasteiger partial charge on any atom is -0.330 e. The number of hydrogen-bond acceptors (Lipinski definition) is 1. The van der Waals surface area contributed by atoms with E-state index in [0.717, 1.165) is 0 Å². The molecule has 1 aromatic carbocycles. The monoisotopic (exact) mass is 177 g/mol. The van der Waals surface area contributed by atoms with Crippen LogP contribution in [0, 0.1) is 5.92 Å². The van der Waals surface area contributed by atoms with Gasteiger partial charge >= 0.3 is 0 Å². The molecule has 1 unspecified atom stereocenters. The zero-order valence-electron chi connectivity index (χ0n) is 8.75. The largest absolute Gasteiger partial charge is 0.330 e. The number of rotatable bonds is 3. The van der Waals surface area contributed by atoms with Crippen LogP contribution in [0.4, 0.5) is 0 Å². The molecule has 0 aromatic heterocycles. The molecule has 0 heterocycles. The maximum Gasteiger partial charge on any atom is 0.00702 e. The van der Waals surface area contributed by atoms with E-state index in [-0.39, 0.29) is 5.41 Å². The van der Waals surface area contributed by atoms with Gasteiger partial charge in [0, 0.05) is 12.0 Å². The molecule has 0 fully saturated rings. The van der Waals surface area contributed by atoms with Gasteiger partial charge < -0.3 is 5.73 Å². The fourth-order valence-electron chi connectivity index (χ4n) is 1.51. The van der Waals surface area contributed by atoms with Crippen molar-refractivity contribution < 1.29 is 0 Å². The topological polar surface area (TPSA) is 26.0 Å². The summed E-state index contributed by atoms with van der Waals surface area (Å²) in [6.07, 6.45) is 0. The highest BCUT2D eigenvalue weighted by Crippen LogP contribution is 2.30. The van der Waals surface area contributed by atoms with E-state index in [1.54, 1.807) is 0 Å². The van der Waals surface area contributed by atoms with Crippen LogP contribution in [0.2, 0.25) is 0 Å². The fourth-order valence-corrected chi connectivity index (χ4v) is 1.51. The minimum atomic E-state index is 0.112. The summed E-state index contributed by atoms with van der Waals surface area (Å²) < 4.78 is 0. The number of nitrogens with two attached hydrogens (primary N) is 1. The van der Waals surface area contributed by atoms with Gasteiger partial charge in [-0.05, 0) is 11.5 Å². The zero-order valence-corrected chi connectivity index (χ0v) is 8.75. The smallest absolute Gasteiger partial charge is 0.00702 e. The second kappa shape index (κ2) is 3.93. The molecule has 1 rings (SSSR count). The van der Waals surface area contributed by atoms with E-state index < -0.39 is 0 Å². The molecule has 0 saturated heterocycles. The first-order valence-corrected chi connectivity index (χ1v) is 4.87. The van der Waals surface area contributed by atoms with Gasteiger partial charge in [-0.25, -0.2) is 0 Å². The molecule has 0 saturated carbocycles. The minimum absolute atomic E-state index is 0.112. The molecule has 72 valence electrons. The van der Waals surface area contributed by atoms with E-state index in [1.807, 2.05) is 6.07 Å². The Morgan fingerprint density at radius 1 is 1.23 bits per heavy atom. The summed E-state index contributed by atoms with van der Waals surface area (Å²) >= 11 is 0. The molecule has 1 heteroatoms. The van der Waals surface area contributed by atoms with Gasteiger partial charge in [0.1, 0.15) is 0 Å². The lowest BCUT2D eigenvalue weighted by Crippen LogP contribution is -2.36. The lowest BCUT2D eigenvalue weighted by molar-refractivity contribution is 0.347. The number of hydrogen-bond donors (Lipinski definition) is 1. The predicted molar refractivity (Wildman–Crippen MR) is 57.7 cm³/mol. The third kappa shape index (κ3) is 1.92. The van der Waals surface area contributed by atoms with Gasteiger partial charge in [-0.2, -0.15) is 0 Å². The second-order valence-electron chi connectivity index (χ2n) is 4.14. The van der Waals surface area contributed by atoms with Crippen LogP contribution in [0.1, 0.15) is 26.3 Å². The van der Waals surface area contributed by atoms with Gasteiger partial charge in [0.25, 0.3) is 0 Å². The van der Waals surface area contributed by atoms with Crippen molar-refractivity contribution >= 4 is 0 Å². The Labute approximate surface area is 81.0 Å². The second-order valence-corrected chi connectivity index (χ2v) is 4.14. The Bertz CT molecular complexity index is 253. The van der Waals surface area contributed by atoms with Crippen molar-refractivity contribution in [1.29, 1.82) is 0 Å². The summed E-state index contributed by atoms with van der Waals surface area (Å²) in [6.45, 7) is 7.38. The molecule has 13 heavy (non-hydrogen) atoms. The summed E-state index contributed by atoms with van der Waals surface area (Å²) in [5.74, 6) is 0.569. The Morgan fingerprint density at radius 3 is 2.15 bits per heavy atom. The average Bonchev–Trinajstić information content (AvgIpc) is 2.17. The molecule has 0 aliphatic heterocycles. The standard InChI is InChI=1S/C12H19N/c1-10(2)12(3,9-13)11-7-5-4-6-8-11/h4-8,10H,9,13H2,1-3H3.